The molecule has 0 aliphatic carbocycles. The molecule has 0 rings (SSSR count). The zero-order valence-corrected chi connectivity index (χ0v) is 7.57. The second-order valence-corrected chi connectivity index (χ2v) is 3.13. The number of halogens is 1. The average Bonchev–Trinajstić information content (AvgIpc) is 0.811. The monoisotopic (exact) mass is 153 g/mol. The van der Waals surface area contributed by atoms with Crippen molar-refractivity contribution in [3.8, 4) is 0 Å². The molecule has 1 nitrogen and oxygen atoms in total. The Hall–Kier alpha value is 0.972. The van der Waals surface area contributed by atoms with Crippen LogP contribution in [-0.2, 0) is 0 Å². The molecule has 0 atom stereocenters. The largest absolute Gasteiger partial charge is 0.396 e. The summed E-state index contributed by atoms with van der Waals surface area (Å²) in [6.07, 6.45) is 0. The van der Waals surface area contributed by atoms with E-state index in [-0.39, 0.29) is 17.0 Å². The maximum Gasteiger partial charge on any atom is 0.321 e. The molecular weight excluding hydrogens is 145 g/mol. The molecule has 0 fully saturated rings. The van der Waals surface area contributed by atoms with Gasteiger partial charge in [0.25, 0.3) is 0 Å². The number of hydrogen-bond donors (Lipinski definition) is 0. The van der Waals surface area contributed by atoms with Gasteiger partial charge in [-0.15, -0.1) is 17.0 Å². The van der Waals surface area contributed by atoms with Gasteiger partial charge in [0.15, 0.2) is 0 Å². The Morgan fingerprint density at radius 2 is 1.40 bits per heavy atom. The van der Waals surface area contributed by atoms with E-state index in [1.165, 1.54) is 16.5 Å². The third-order valence-electron chi connectivity index (χ3n) is 0. The Morgan fingerprint density at radius 1 is 1.40 bits per heavy atom. The van der Waals surface area contributed by atoms with Gasteiger partial charge in [-0.3, -0.25) is 0 Å². The second kappa shape index (κ2) is 4.97. The van der Waals surface area contributed by atoms with Crippen molar-refractivity contribution in [2.45, 2.75) is 0 Å². The van der Waals surface area contributed by atoms with Crippen molar-refractivity contribution in [3.05, 3.63) is 0 Å². The van der Waals surface area contributed by atoms with Crippen LogP contribution in [-0.4, -0.2) is 34.5 Å². The summed E-state index contributed by atoms with van der Waals surface area (Å²) in [7, 11) is 4.12. The summed E-state index contributed by atoms with van der Waals surface area (Å²) in [5.41, 5.74) is 0. The van der Waals surface area contributed by atoms with Crippen molar-refractivity contribution < 1.29 is 0 Å². The standard InChI is InChI=1S/C2H6N.Al.BrH.2H/c1-3-2;;;;/h1-2H3;;1H;;/q-1;+1;;;. The summed E-state index contributed by atoms with van der Waals surface area (Å²) < 4.78 is 2.14. The first kappa shape index (κ1) is 9.36. The normalized spacial score (nSPS) is 7.00. The van der Waals surface area contributed by atoms with Gasteiger partial charge < -0.3 is 3.88 Å². The fourth-order valence-corrected chi connectivity index (χ4v) is 0. The van der Waals surface area contributed by atoms with Gasteiger partial charge in [-0.2, -0.15) is 0 Å². The first-order valence-electron chi connectivity index (χ1n) is 1.34. The van der Waals surface area contributed by atoms with E-state index in [0.29, 0.717) is 0 Å². The Balaban J connectivity index is 0. The highest BCUT2D eigenvalue weighted by Crippen LogP contribution is 1.44. The zero-order chi connectivity index (χ0) is 3.58. The Labute approximate surface area is 51.8 Å². The molecule has 0 aromatic heterocycles. The lowest BCUT2D eigenvalue weighted by Crippen LogP contribution is -2.02. The first-order valence-corrected chi connectivity index (χ1v) is 2.24. The second-order valence-electron chi connectivity index (χ2n) is 1.34. The minimum absolute atomic E-state index is 0. The quantitative estimate of drug-likeness (QED) is 0.432. The van der Waals surface area contributed by atoms with Gasteiger partial charge in [-0.1, -0.05) is 0 Å². The Bertz CT molecular complexity index is 14.4. The number of hydrogen-bond acceptors (Lipinski definition) is 1. The molecule has 0 unspecified atom stereocenters. The summed E-state index contributed by atoms with van der Waals surface area (Å²) in [5.74, 6) is 0. The van der Waals surface area contributed by atoms with E-state index in [1.807, 2.05) is 0 Å². The maximum absolute atomic E-state index is 2.14. The average molecular weight is 154 g/mol. The van der Waals surface area contributed by atoms with Crippen LogP contribution in [0.2, 0.25) is 0 Å². The van der Waals surface area contributed by atoms with Crippen LogP contribution < -0.4 is 0 Å². The highest BCUT2D eigenvalue weighted by atomic mass is 79.9. The summed E-state index contributed by atoms with van der Waals surface area (Å²) in [6, 6.07) is 0. The van der Waals surface area contributed by atoms with E-state index in [9.17, 15) is 0 Å². The van der Waals surface area contributed by atoms with Gasteiger partial charge in [0.2, 0.25) is 0 Å². The predicted octanol–water partition coefficient (Wildman–Crippen LogP) is -0.326. The maximum atomic E-state index is 2.14. The number of nitrogens with zero attached hydrogens (tertiary/aromatic N) is 1. The van der Waals surface area contributed by atoms with Crippen molar-refractivity contribution in [2.24, 2.45) is 0 Å². The SMILES string of the molecule is Br.C[N](C)[AlH2]. The fourth-order valence-electron chi connectivity index (χ4n) is 0. The predicted molar refractivity (Wildman–Crippen MR) is 32.6 cm³/mol. The highest BCUT2D eigenvalue weighted by Gasteiger charge is 1.61. The molecule has 0 aromatic rings. The van der Waals surface area contributed by atoms with Crippen LogP contribution in [0.15, 0.2) is 0 Å². The van der Waals surface area contributed by atoms with Gasteiger partial charge in [-0.25, -0.2) is 0 Å². The van der Waals surface area contributed by atoms with Gasteiger partial charge in [0.05, 0.1) is 0 Å². The fraction of sp³-hybridized carbons (Fsp3) is 1.00. The van der Waals surface area contributed by atoms with Crippen LogP contribution in [0.1, 0.15) is 0 Å². The molecule has 0 N–H and O–H groups in total. The van der Waals surface area contributed by atoms with Gasteiger partial charge in [0, 0.05) is 0 Å². The molecule has 0 saturated heterocycles. The molecule has 0 aliphatic rings. The van der Waals surface area contributed by atoms with Crippen LogP contribution >= 0.6 is 17.0 Å². The number of rotatable bonds is 0. The topological polar surface area (TPSA) is 3.24 Å². The van der Waals surface area contributed by atoms with Crippen molar-refractivity contribution in [1.82, 2.24) is 3.88 Å². The smallest absolute Gasteiger partial charge is 0.321 e. The van der Waals surface area contributed by atoms with Gasteiger partial charge >= 0.3 is 16.5 Å². The summed E-state index contributed by atoms with van der Waals surface area (Å²) >= 11 is 1.18. The van der Waals surface area contributed by atoms with Crippen LogP contribution in [0.5, 0.6) is 0 Å². The van der Waals surface area contributed by atoms with E-state index in [0.717, 1.165) is 0 Å². The van der Waals surface area contributed by atoms with E-state index in [2.05, 4.69) is 18.0 Å². The van der Waals surface area contributed by atoms with Crippen molar-refractivity contribution in [2.75, 3.05) is 14.1 Å². The van der Waals surface area contributed by atoms with Gasteiger partial charge in [-0.05, 0) is 14.1 Å². The lowest BCUT2D eigenvalue weighted by atomic mass is 11.3. The molecule has 0 bridgehead atoms. The van der Waals surface area contributed by atoms with Crippen LogP contribution in [0.4, 0.5) is 0 Å². The molecule has 32 valence electrons. The molecule has 0 radical (unpaired) electrons. The van der Waals surface area contributed by atoms with Crippen molar-refractivity contribution in [1.29, 1.82) is 0 Å². The zero-order valence-electron chi connectivity index (χ0n) is 3.86. The molecule has 0 aromatic carbocycles. The Kier molecular flexibility index (Phi) is 9.31. The van der Waals surface area contributed by atoms with E-state index in [4.69, 9.17) is 0 Å². The minimum atomic E-state index is 0. The van der Waals surface area contributed by atoms with E-state index >= 15 is 0 Å². The molecule has 0 saturated carbocycles. The van der Waals surface area contributed by atoms with Gasteiger partial charge in [0.1, 0.15) is 0 Å². The molecule has 5 heavy (non-hydrogen) atoms. The van der Waals surface area contributed by atoms with Crippen LogP contribution in [0.25, 0.3) is 0 Å². The lowest BCUT2D eigenvalue weighted by Gasteiger charge is -1.91. The first-order chi connectivity index (χ1) is 1.73. The van der Waals surface area contributed by atoms with E-state index < -0.39 is 0 Å². The molecular formula is C2H9AlBrN. The van der Waals surface area contributed by atoms with Crippen molar-refractivity contribution >= 4 is 33.5 Å². The van der Waals surface area contributed by atoms with Crippen LogP contribution in [0.3, 0.4) is 0 Å². The Morgan fingerprint density at radius 3 is 1.40 bits per heavy atom. The highest BCUT2D eigenvalue weighted by molar-refractivity contribution is 8.93. The molecule has 3 heteroatoms. The molecule has 0 aliphatic heterocycles. The third kappa shape index (κ3) is 46.5. The van der Waals surface area contributed by atoms with Crippen LogP contribution in [0, 0.1) is 0 Å². The molecule has 0 spiro atoms. The molecule has 0 amide bonds. The minimum Gasteiger partial charge on any atom is -0.396 e. The lowest BCUT2D eigenvalue weighted by molar-refractivity contribution is 0.679. The summed E-state index contributed by atoms with van der Waals surface area (Å²) in [5, 5.41) is 0. The molecule has 0 heterocycles. The summed E-state index contributed by atoms with van der Waals surface area (Å²) in [4.78, 5) is 0. The third-order valence-corrected chi connectivity index (χ3v) is 0. The summed E-state index contributed by atoms with van der Waals surface area (Å²) in [6.45, 7) is 0. The van der Waals surface area contributed by atoms with E-state index in [1.54, 1.807) is 0 Å². The van der Waals surface area contributed by atoms with Crippen molar-refractivity contribution in [3.63, 3.8) is 0 Å².